The molecule has 10 heteroatoms. The average Bonchev–Trinajstić information content (AvgIpc) is 2.92. The summed E-state index contributed by atoms with van der Waals surface area (Å²) in [4.78, 5) is 39.3. The Kier molecular flexibility index (Phi) is 7.57. The Morgan fingerprint density at radius 3 is 2.52 bits per heavy atom. The van der Waals surface area contributed by atoms with Gasteiger partial charge in [0.15, 0.2) is 5.65 Å². The van der Waals surface area contributed by atoms with E-state index in [1.807, 2.05) is 36.1 Å². The predicted molar refractivity (Wildman–Crippen MR) is 160 cm³/mol. The normalized spacial score (nSPS) is 15.6. The zero-order valence-electron chi connectivity index (χ0n) is 22.4. The third kappa shape index (κ3) is 4.82. The highest BCUT2D eigenvalue weighted by Crippen LogP contribution is 2.41. The van der Waals surface area contributed by atoms with Gasteiger partial charge in [-0.3, -0.25) is 4.79 Å². The van der Waals surface area contributed by atoms with Crippen molar-refractivity contribution in [1.29, 1.82) is 0 Å². The van der Waals surface area contributed by atoms with E-state index in [9.17, 15) is 14.7 Å². The molecule has 4 aromatic rings. The Morgan fingerprint density at radius 1 is 1.10 bits per heavy atom. The summed E-state index contributed by atoms with van der Waals surface area (Å²) in [5.41, 5.74) is 1.96. The number of benzene rings is 2. The maximum Gasteiger partial charge on any atom is 0.355 e. The van der Waals surface area contributed by atoms with Crippen LogP contribution in [0.1, 0.15) is 32.3 Å². The molecule has 8 nitrogen and oxygen atoms in total. The van der Waals surface area contributed by atoms with Crippen LogP contribution in [0.2, 0.25) is 10.0 Å². The van der Waals surface area contributed by atoms with Gasteiger partial charge in [0.1, 0.15) is 11.6 Å². The molecule has 1 atom stereocenters. The number of hydrogen-bond acceptors (Lipinski definition) is 6. The fourth-order valence-corrected chi connectivity index (χ4v) is 5.75. The number of amides is 1. The summed E-state index contributed by atoms with van der Waals surface area (Å²) in [6.07, 6.45) is 1.30. The maximum atomic E-state index is 13.9. The summed E-state index contributed by atoms with van der Waals surface area (Å²) >= 11 is 13.3. The number of carbonyl (C=O) groups is 1. The standard InChI is InChI=1S/C30H29Cl2N5O3/c1-5-25(39)35-13-14-36(18(4)16-35)28-20-15-22(32)27(26-21(31)10-8-12-24(26)38)33-29(20)37(30(40)34-28)23-11-7-6-9-19(23)17(2)3/h5-12,15,17-18,38H,1,13-14,16H2,2-4H3/t18-/m0/s1. The quantitative estimate of drug-likeness (QED) is 0.301. The molecule has 0 radical (unpaired) electrons. The summed E-state index contributed by atoms with van der Waals surface area (Å²) in [5.74, 6) is 0.330. The first-order chi connectivity index (χ1) is 19.1. The second-order valence-corrected chi connectivity index (χ2v) is 10.9. The molecule has 1 fully saturated rings. The van der Waals surface area contributed by atoms with Crippen molar-refractivity contribution in [2.75, 3.05) is 24.5 Å². The number of aromatic nitrogens is 3. The van der Waals surface area contributed by atoms with Crippen LogP contribution in [0.25, 0.3) is 28.0 Å². The molecule has 206 valence electrons. The minimum absolute atomic E-state index is 0.0800. The van der Waals surface area contributed by atoms with Crippen molar-refractivity contribution >= 4 is 46.0 Å². The molecule has 2 aromatic carbocycles. The fourth-order valence-electron chi connectivity index (χ4n) is 5.25. The summed E-state index contributed by atoms with van der Waals surface area (Å²) in [7, 11) is 0. The molecule has 1 saturated heterocycles. The molecule has 1 amide bonds. The van der Waals surface area contributed by atoms with Gasteiger partial charge in [-0.05, 0) is 48.7 Å². The van der Waals surface area contributed by atoms with Crippen molar-refractivity contribution in [3.63, 3.8) is 0 Å². The van der Waals surface area contributed by atoms with Gasteiger partial charge in [-0.1, -0.05) is 67.9 Å². The van der Waals surface area contributed by atoms with Gasteiger partial charge in [0.2, 0.25) is 5.91 Å². The van der Waals surface area contributed by atoms with Crippen molar-refractivity contribution in [3.8, 4) is 22.7 Å². The Labute approximate surface area is 242 Å². The van der Waals surface area contributed by atoms with E-state index in [0.717, 1.165) is 5.56 Å². The van der Waals surface area contributed by atoms with Crippen LogP contribution in [0.4, 0.5) is 5.82 Å². The van der Waals surface area contributed by atoms with E-state index in [1.165, 1.54) is 16.7 Å². The number of anilines is 1. The fraction of sp³-hybridized carbons (Fsp3) is 0.267. The third-order valence-electron chi connectivity index (χ3n) is 7.22. The van der Waals surface area contributed by atoms with Gasteiger partial charge in [0, 0.05) is 25.7 Å². The predicted octanol–water partition coefficient (Wildman–Crippen LogP) is 5.81. The Balaban J connectivity index is 1.80. The Hall–Kier alpha value is -3.88. The Morgan fingerprint density at radius 2 is 1.85 bits per heavy atom. The number of fused-ring (bicyclic) bond motifs is 1. The number of aromatic hydroxyl groups is 1. The van der Waals surface area contributed by atoms with Crippen molar-refractivity contribution in [2.24, 2.45) is 0 Å². The molecule has 5 rings (SSSR count). The highest BCUT2D eigenvalue weighted by atomic mass is 35.5. The van der Waals surface area contributed by atoms with Crippen LogP contribution in [0, 0.1) is 0 Å². The summed E-state index contributed by atoms with van der Waals surface area (Å²) in [6, 6.07) is 14.0. The largest absolute Gasteiger partial charge is 0.507 e. The molecule has 2 aromatic heterocycles. The van der Waals surface area contributed by atoms with E-state index in [-0.39, 0.29) is 44.9 Å². The molecule has 1 N–H and O–H groups in total. The van der Waals surface area contributed by atoms with Crippen LogP contribution >= 0.6 is 23.2 Å². The highest BCUT2D eigenvalue weighted by Gasteiger charge is 2.30. The number of phenolic OH excluding ortho intramolecular Hbond substituents is 1. The van der Waals surface area contributed by atoms with Crippen LogP contribution in [-0.2, 0) is 4.79 Å². The van der Waals surface area contributed by atoms with Gasteiger partial charge in [-0.2, -0.15) is 4.98 Å². The van der Waals surface area contributed by atoms with Gasteiger partial charge in [0.25, 0.3) is 0 Å². The van der Waals surface area contributed by atoms with E-state index in [0.29, 0.717) is 42.2 Å². The first kappa shape index (κ1) is 27.7. The number of rotatable bonds is 5. The molecular formula is C30H29Cl2N5O3. The number of phenols is 1. The molecule has 1 aliphatic rings. The SMILES string of the molecule is C=CC(=O)N1CCN(c2nc(=O)n(-c3ccccc3C(C)C)c3nc(-c4c(O)cccc4Cl)c(Cl)cc23)[C@@H](C)C1. The van der Waals surface area contributed by atoms with Gasteiger partial charge >= 0.3 is 5.69 Å². The number of piperazine rings is 1. The lowest BCUT2D eigenvalue weighted by atomic mass is 10.0. The molecule has 0 bridgehead atoms. The molecule has 0 spiro atoms. The van der Waals surface area contributed by atoms with E-state index in [4.69, 9.17) is 28.2 Å². The number of halogens is 2. The molecule has 0 aliphatic carbocycles. The molecular weight excluding hydrogens is 549 g/mol. The van der Waals surface area contributed by atoms with Crippen LogP contribution < -0.4 is 10.6 Å². The lowest BCUT2D eigenvalue weighted by Crippen LogP contribution is -2.54. The van der Waals surface area contributed by atoms with Gasteiger partial charge < -0.3 is 14.9 Å². The monoisotopic (exact) mass is 577 g/mol. The first-order valence-electron chi connectivity index (χ1n) is 13.0. The van der Waals surface area contributed by atoms with E-state index < -0.39 is 5.69 Å². The molecule has 0 saturated carbocycles. The van der Waals surface area contributed by atoms with Gasteiger partial charge in [-0.15, -0.1) is 0 Å². The summed E-state index contributed by atoms with van der Waals surface area (Å²) in [6.45, 7) is 11.0. The van der Waals surface area contributed by atoms with Crippen molar-refractivity contribution in [3.05, 3.63) is 87.3 Å². The third-order valence-corrected chi connectivity index (χ3v) is 7.82. The second-order valence-electron chi connectivity index (χ2n) is 10.1. The molecule has 40 heavy (non-hydrogen) atoms. The summed E-state index contributed by atoms with van der Waals surface area (Å²) < 4.78 is 1.49. The minimum Gasteiger partial charge on any atom is -0.507 e. The average molecular weight is 579 g/mol. The number of pyridine rings is 1. The number of nitrogens with zero attached hydrogens (tertiary/aromatic N) is 5. The Bertz CT molecular complexity index is 1680. The first-order valence-corrected chi connectivity index (χ1v) is 13.8. The topological polar surface area (TPSA) is 91.6 Å². The molecule has 3 heterocycles. The summed E-state index contributed by atoms with van der Waals surface area (Å²) in [5, 5.41) is 11.8. The smallest absolute Gasteiger partial charge is 0.355 e. The number of carbonyl (C=O) groups excluding carboxylic acids is 1. The van der Waals surface area contributed by atoms with E-state index in [1.54, 1.807) is 23.1 Å². The van der Waals surface area contributed by atoms with Gasteiger partial charge in [0.05, 0.1) is 32.4 Å². The van der Waals surface area contributed by atoms with Crippen molar-refractivity contribution < 1.29 is 9.90 Å². The number of hydrogen-bond donors (Lipinski definition) is 1. The lowest BCUT2D eigenvalue weighted by molar-refractivity contribution is -0.126. The van der Waals surface area contributed by atoms with Crippen LogP contribution in [0.3, 0.4) is 0 Å². The maximum absolute atomic E-state index is 13.9. The minimum atomic E-state index is -0.503. The highest BCUT2D eigenvalue weighted by molar-refractivity contribution is 6.37. The molecule has 1 aliphatic heterocycles. The zero-order valence-corrected chi connectivity index (χ0v) is 23.9. The van der Waals surface area contributed by atoms with Crippen LogP contribution in [-0.4, -0.2) is 56.1 Å². The van der Waals surface area contributed by atoms with E-state index >= 15 is 0 Å². The van der Waals surface area contributed by atoms with Gasteiger partial charge in [-0.25, -0.2) is 14.3 Å². The second kappa shape index (κ2) is 10.9. The van der Waals surface area contributed by atoms with Crippen molar-refractivity contribution in [2.45, 2.75) is 32.7 Å². The van der Waals surface area contributed by atoms with E-state index in [2.05, 4.69) is 25.4 Å². The van der Waals surface area contributed by atoms with Crippen LogP contribution in [0.15, 0.2) is 66.0 Å². The lowest BCUT2D eigenvalue weighted by Gasteiger charge is -2.40. The number of para-hydroxylation sites is 1. The van der Waals surface area contributed by atoms with Crippen molar-refractivity contribution in [1.82, 2.24) is 19.4 Å². The van der Waals surface area contributed by atoms with Crippen LogP contribution in [0.5, 0.6) is 5.75 Å². The zero-order chi connectivity index (χ0) is 28.7. The molecule has 0 unspecified atom stereocenters.